The number of anilines is 1. The summed E-state index contributed by atoms with van der Waals surface area (Å²) in [5.74, 6) is -0.784. The lowest BCUT2D eigenvalue weighted by Crippen LogP contribution is -2.15. The molecule has 1 aromatic heterocycles. The largest absolute Gasteiger partial charge is 0.492 e. The minimum absolute atomic E-state index is 0.164. The zero-order valence-electron chi connectivity index (χ0n) is 19.2. The molecular formula is C23H27BrClNO6S. The number of amides is 1. The van der Waals surface area contributed by atoms with Crippen molar-refractivity contribution in [3.63, 3.8) is 0 Å². The van der Waals surface area contributed by atoms with E-state index < -0.39 is 11.9 Å². The Hall–Kier alpha value is -2.10. The second kappa shape index (κ2) is 12.4. The number of carbonyl (C=O) groups is 3. The van der Waals surface area contributed by atoms with Gasteiger partial charge < -0.3 is 19.5 Å². The first-order valence-electron chi connectivity index (χ1n) is 10.5. The van der Waals surface area contributed by atoms with Gasteiger partial charge in [0.1, 0.15) is 15.6 Å². The molecule has 0 unspecified atom stereocenters. The SMILES string of the molecule is CCOC(=O)c1sc(NC(=O)CCCOc2cc(C)c(Cl)c(C)c2Br)c(C(=O)OCC)c1C. The van der Waals surface area contributed by atoms with Gasteiger partial charge in [0, 0.05) is 11.4 Å². The third-order valence-corrected chi connectivity index (χ3v) is 7.47. The van der Waals surface area contributed by atoms with Crippen LogP contribution in [0, 0.1) is 20.8 Å². The Morgan fingerprint density at radius 1 is 1.06 bits per heavy atom. The third kappa shape index (κ3) is 6.71. The predicted molar refractivity (Wildman–Crippen MR) is 133 cm³/mol. The smallest absolute Gasteiger partial charge is 0.348 e. The topological polar surface area (TPSA) is 90.9 Å². The fourth-order valence-electron chi connectivity index (χ4n) is 3.05. The van der Waals surface area contributed by atoms with Gasteiger partial charge in [0.2, 0.25) is 5.91 Å². The van der Waals surface area contributed by atoms with Crippen LogP contribution in [-0.4, -0.2) is 37.7 Å². The molecule has 0 saturated heterocycles. The standard InChI is InChI=1S/C23H27BrClNO6S/c1-6-30-22(28)17-13(4)20(23(29)31-7-2)33-21(17)26-16(27)9-8-10-32-15-11-12(3)19(25)14(5)18(15)24/h11H,6-10H2,1-5H3,(H,26,27). The summed E-state index contributed by atoms with van der Waals surface area (Å²) in [4.78, 5) is 37.5. The number of benzene rings is 1. The van der Waals surface area contributed by atoms with Gasteiger partial charge in [-0.1, -0.05) is 11.6 Å². The molecule has 180 valence electrons. The van der Waals surface area contributed by atoms with E-state index >= 15 is 0 Å². The molecule has 0 spiro atoms. The van der Waals surface area contributed by atoms with E-state index in [1.54, 1.807) is 20.8 Å². The van der Waals surface area contributed by atoms with Crippen LogP contribution < -0.4 is 10.1 Å². The number of aryl methyl sites for hydroxylation is 1. The molecule has 1 aromatic carbocycles. The van der Waals surface area contributed by atoms with Crippen LogP contribution in [-0.2, 0) is 14.3 Å². The number of halogens is 2. The zero-order valence-corrected chi connectivity index (χ0v) is 22.4. The highest BCUT2D eigenvalue weighted by Crippen LogP contribution is 2.36. The van der Waals surface area contributed by atoms with E-state index in [-0.39, 0.29) is 41.0 Å². The molecule has 2 aromatic rings. The zero-order chi connectivity index (χ0) is 24.7. The molecule has 0 fully saturated rings. The normalized spacial score (nSPS) is 10.6. The number of thiophene rings is 1. The van der Waals surface area contributed by atoms with E-state index in [9.17, 15) is 14.4 Å². The quantitative estimate of drug-likeness (QED) is 0.273. The van der Waals surface area contributed by atoms with Gasteiger partial charge in [-0.05, 0) is 79.7 Å². The van der Waals surface area contributed by atoms with Crippen molar-refractivity contribution < 1.29 is 28.6 Å². The highest BCUT2D eigenvalue weighted by molar-refractivity contribution is 9.10. The molecule has 1 N–H and O–H groups in total. The Morgan fingerprint density at radius 3 is 2.33 bits per heavy atom. The van der Waals surface area contributed by atoms with Crippen molar-refractivity contribution in [3.05, 3.63) is 42.7 Å². The summed E-state index contributed by atoms with van der Waals surface area (Å²) in [7, 11) is 0. The molecule has 0 atom stereocenters. The van der Waals surface area contributed by atoms with Crippen LogP contribution in [0.25, 0.3) is 0 Å². The van der Waals surface area contributed by atoms with Crippen LogP contribution in [0.15, 0.2) is 10.5 Å². The summed E-state index contributed by atoms with van der Waals surface area (Å²) in [6.07, 6.45) is 0.611. The molecule has 0 aliphatic rings. The summed E-state index contributed by atoms with van der Waals surface area (Å²) in [6, 6.07) is 1.84. The number of esters is 2. The Kier molecular flexibility index (Phi) is 10.2. The maximum Gasteiger partial charge on any atom is 0.348 e. The second-order valence-electron chi connectivity index (χ2n) is 7.15. The summed E-state index contributed by atoms with van der Waals surface area (Å²) < 4.78 is 16.7. The molecule has 0 saturated carbocycles. The molecule has 10 heteroatoms. The van der Waals surface area contributed by atoms with Crippen molar-refractivity contribution in [1.29, 1.82) is 0 Å². The molecule has 0 bridgehead atoms. The number of nitrogens with one attached hydrogen (secondary N) is 1. The fraction of sp³-hybridized carbons (Fsp3) is 0.435. The Balaban J connectivity index is 2.05. The van der Waals surface area contributed by atoms with Crippen LogP contribution in [0.3, 0.4) is 0 Å². The van der Waals surface area contributed by atoms with Crippen LogP contribution in [0.5, 0.6) is 5.75 Å². The van der Waals surface area contributed by atoms with E-state index in [2.05, 4.69) is 21.2 Å². The maximum atomic E-state index is 12.5. The number of ether oxygens (including phenoxy) is 3. The lowest BCUT2D eigenvalue weighted by atomic mass is 10.1. The summed E-state index contributed by atoms with van der Waals surface area (Å²) in [6.45, 7) is 9.50. The average Bonchev–Trinajstić information content (AvgIpc) is 3.09. The first kappa shape index (κ1) is 27.1. The second-order valence-corrected chi connectivity index (χ2v) is 9.34. The Labute approximate surface area is 210 Å². The van der Waals surface area contributed by atoms with Gasteiger partial charge in [-0.3, -0.25) is 4.79 Å². The van der Waals surface area contributed by atoms with E-state index in [0.29, 0.717) is 29.4 Å². The van der Waals surface area contributed by atoms with Crippen LogP contribution in [0.4, 0.5) is 5.00 Å². The molecule has 2 rings (SSSR count). The van der Waals surface area contributed by atoms with Crippen molar-refractivity contribution in [2.75, 3.05) is 25.1 Å². The monoisotopic (exact) mass is 559 g/mol. The molecule has 1 amide bonds. The molecule has 0 radical (unpaired) electrons. The molecule has 33 heavy (non-hydrogen) atoms. The van der Waals surface area contributed by atoms with Gasteiger partial charge in [0.25, 0.3) is 0 Å². The lowest BCUT2D eigenvalue weighted by Gasteiger charge is -2.13. The number of hydrogen-bond donors (Lipinski definition) is 1. The summed E-state index contributed by atoms with van der Waals surface area (Å²) in [5.41, 5.74) is 2.39. The molecule has 0 aliphatic carbocycles. The average molecular weight is 561 g/mol. The van der Waals surface area contributed by atoms with Gasteiger partial charge >= 0.3 is 11.9 Å². The van der Waals surface area contributed by atoms with Gasteiger partial charge in [-0.15, -0.1) is 11.3 Å². The molecule has 0 aliphatic heterocycles. The predicted octanol–water partition coefficient (Wildman–Crippen LogP) is 6.24. The summed E-state index contributed by atoms with van der Waals surface area (Å²) in [5, 5.41) is 3.68. The van der Waals surface area contributed by atoms with Crippen molar-refractivity contribution in [1.82, 2.24) is 0 Å². The van der Waals surface area contributed by atoms with Crippen molar-refractivity contribution >= 4 is 61.7 Å². The lowest BCUT2D eigenvalue weighted by molar-refractivity contribution is -0.116. The van der Waals surface area contributed by atoms with Crippen molar-refractivity contribution in [3.8, 4) is 5.75 Å². The van der Waals surface area contributed by atoms with E-state index in [1.807, 2.05) is 19.9 Å². The van der Waals surface area contributed by atoms with E-state index in [1.165, 1.54) is 0 Å². The van der Waals surface area contributed by atoms with Gasteiger partial charge in [0.15, 0.2) is 0 Å². The molecular weight excluding hydrogens is 534 g/mol. The minimum Gasteiger partial charge on any atom is -0.492 e. The van der Waals surface area contributed by atoms with Crippen molar-refractivity contribution in [2.45, 2.75) is 47.5 Å². The van der Waals surface area contributed by atoms with Crippen LogP contribution >= 0.6 is 38.9 Å². The highest BCUT2D eigenvalue weighted by atomic mass is 79.9. The van der Waals surface area contributed by atoms with E-state index in [4.69, 9.17) is 25.8 Å². The van der Waals surface area contributed by atoms with Gasteiger partial charge in [-0.2, -0.15) is 0 Å². The Morgan fingerprint density at radius 2 is 1.70 bits per heavy atom. The number of carbonyl (C=O) groups excluding carboxylic acids is 3. The highest BCUT2D eigenvalue weighted by Gasteiger charge is 2.27. The van der Waals surface area contributed by atoms with Crippen LogP contribution in [0.2, 0.25) is 5.02 Å². The maximum absolute atomic E-state index is 12.5. The number of hydrogen-bond acceptors (Lipinski definition) is 7. The fourth-order valence-corrected chi connectivity index (χ4v) is 4.85. The third-order valence-electron chi connectivity index (χ3n) is 4.71. The minimum atomic E-state index is -0.598. The first-order chi connectivity index (χ1) is 15.6. The van der Waals surface area contributed by atoms with Gasteiger partial charge in [0.05, 0.1) is 29.9 Å². The van der Waals surface area contributed by atoms with Crippen LogP contribution in [0.1, 0.15) is 63.4 Å². The van der Waals surface area contributed by atoms with Crippen molar-refractivity contribution in [2.24, 2.45) is 0 Å². The van der Waals surface area contributed by atoms with Gasteiger partial charge in [-0.25, -0.2) is 9.59 Å². The Bertz CT molecular complexity index is 1050. The number of rotatable bonds is 10. The van der Waals surface area contributed by atoms with E-state index in [0.717, 1.165) is 26.9 Å². The molecule has 7 nitrogen and oxygen atoms in total. The summed E-state index contributed by atoms with van der Waals surface area (Å²) >= 11 is 10.7. The first-order valence-corrected chi connectivity index (χ1v) is 12.5. The molecule has 1 heterocycles.